The van der Waals surface area contributed by atoms with Gasteiger partial charge >= 0.3 is 0 Å². The maximum atomic E-state index is 10.8. The topological polar surface area (TPSA) is 63.0 Å². The number of nitrogens with one attached hydrogen (secondary N) is 1. The van der Waals surface area contributed by atoms with Crippen LogP contribution in [0.15, 0.2) is 43.0 Å². The van der Waals surface area contributed by atoms with Crippen LogP contribution >= 0.6 is 0 Å². The zero-order chi connectivity index (χ0) is 16.1. The van der Waals surface area contributed by atoms with Gasteiger partial charge in [0, 0.05) is 6.54 Å². The third kappa shape index (κ3) is 4.39. The lowest BCUT2D eigenvalue weighted by molar-refractivity contribution is -0.00869. The van der Waals surface area contributed by atoms with Crippen LogP contribution in [0.3, 0.4) is 0 Å². The van der Waals surface area contributed by atoms with Gasteiger partial charge in [0.25, 0.3) is 0 Å². The second-order valence-electron chi connectivity index (χ2n) is 6.87. The van der Waals surface area contributed by atoms with Crippen LogP contribution in [0.25, 0.3) is 0 Å². The van der Waals surface area contributed by atoms with Crippen LogP contribution in [0.5, 0.6) is 0 Å². The molecule has 3 rings (SSSR count). The van der Waals surface area contributed by atoms with Gasteiger partial charge in [0.2, 0.25) is 0 Å². The van der Waals surface area contributed by atoms with Gasteiger partial charge in [-0.1, -0.05) is 37.3 Å². The van der Waals surface area contributed by atoms with E-state index in [0.29, 0.717) is 13.1 Å². The molecule has 1 aromatic carbocycles. The molecule has 1 aliphatic carbocycles. The van der Waals surface area contributed by atoms with Crippen LogP contribution in [-0.4, -0.2) is 32.0 Å². The van der Waals surface area contributed by atoms with Gasteiger partial charge in [0.05, 0.1) is 18.2 Å². The minimum Gasteiger partial charge on any atom is -0.389 e. The standard InChI is InChI=1S/C18H26N4O/c1-15-7-9-18(23,10-8-15)12-20-17(11-22-14-19-13-21-22)16-5-3-2-4-6-16/h2-6,13-15,17,20,23H,7-12H2,1H3. The molecule has 1 aliphatic rings. The van der Waals surface area contributed by atoms with E-state index in [2.05, 4.69) is 34.5 Å². The van der Waals surface area contributed by atoms with E-state index in [1.807, 2.05) is 22.9 Å². The summed E-state index contributed by atoms with van der Waals surface area (Å²) in [5.74, 6) is 0.732. The van der Waals surface area contributed by atoms with Crippen molar-refractivity contribution in [3.05, 3.63) is 48.5 Å². The van der Waals surface area contributed by atoms with Crippen molar-refractivity contribution in [1.82, 2.24) is 20.1 Å². The largest absolute Gasteiger partial charge is 0.389 e. The van der Waals surface area contributed by atoms with E-state index >= 15 is 0 Å². The molecule has 0 aliphatic heterocycles. The predicted molar refractivity (Wildman–Crippen MR) is 89.8 cm³/mol. The Labute approximate surface area is 137 Å². The van der Waals surface area contributed by atoms with Crippen molar-refractivity contribution in [3.8, 4) is 0 Å². The molecule has 5 heteroatoms. The first-order valence-electron chi connectivity index (χ1n) is 8.48. The molecule has 1 atom stereocenters. The van der Waals surface area contributed by atoms with Crippen molar-refractivity contribution < 1.29 is 5.11 Å². The van der Waals surface area contributed by atoms with Gasteiger partial charge in [-0.3, -0.25) is 4.68 Å². The van der Waals surface area contributed by atoms with Gasteiger partial charge in [0.1, 0.15) is 12.7 Å². The normalized spacial score (nSPS) is 26.1. The Morgan fingerprint density at radius 2 is 2.04 bits per heavy atom. The molecule has 0 bridgehead atoms. The summed E-state index contributed by atoms with van der Waals surface area (Å²) >= 11 is 0. The van der Waals surface area contributed by atoms with Crippen molar-refractivity contribution in [2.24, 2.45) is 5.92 Å². The van der Waals surface area contributed by atoms with Gasteiger partial charge in [-0.05, 0) is 37.2 Å². The molecular formula is C18H26N4O. The zero-order valence-corrected chi connectivity index (χ0v) is 13.7. The molecule has 1 heterocycles. The molecule has 23 heavy (non-hydrogen) atoms. The minimum atomic E-state index is -0.581. The molecule has 1 saturated carbocycles. The first-order chi connectivity index (χ1) is 11.1. The highest BCUT2D eigenvalue weighted by Crippen LogP contribution is 2.31. The number of nitrogens with zero attached hydrogens (tertiary/aromatic N) is 3. The summed E-state index contributed by atoms with van der Waals surface area (Å²) in [4.78, 5) is 4.02. The highest BCUT2D eigenvalue weighted by molar-refractivity contribution is 5.19. The van der Waals surface area contributed by atoms with Gasteiger partial charge in [0.15, 0.2) is 0 Å². The van der Waals surface area contributed by atoms with E-state index in [4.69, 9.17) is 0 Å². The van der Waals surface area contributed by atoms with Gasteiger partial charge < -0.3 is 10.4 Å². The number of aliphatic hydroxyl groups is 1. The van der Waals surface area contributed by atoms with E-state index < -0.39 is 5.60 Å². The summed E-state index contributed by atoms with van der Waals surface area (Å²) in [6.07, 6.45) is 7.26. The highest BCUT2D eigenvalue weighted by Gasteiger charge is 2.32. The van der Waals surface area contributed by atoms with E-state index in [-0.39, 0.29) is 6.04 Å². The molecule has 1 fully saturated rings. The molecule has 1 aromatic heterocycles. The lowest BCUT2D eigenvalue weighted by Gasteiger charge is -2.36. The van der Waals surface area contributed by atoms with E-state index in [0.717, 1.165) is 31.6 Å². The fourth-order valence-corrected chi connectivity index (χ4v) is 3.28. The van der Waals surface area contributed by atoms with Crippen molar-refractivity contribution in [1.29, 1.82) is 0 Å². The molecule has 5 nitrogen and oxygen atoms in total. The first kappa shape index (κ1) is 16.1. The Kier molecular flexibility index (Phi) is 5.08. The Morgan fingerprint density at radius 3 is 2.70 bits per heavy atom. The average Bonchev–Trinajstić information content (AvgIpc) is 3.09. The van der Waals surface area contributed by atoms with Gasteiger partial charge in [-0.15, -0.1) is 0 Å². The predicted octanol–water partition coefficient (Wildman–Crippen LogP) is 2.55. The number of hydrogen-bond donors (Lipinski definition) is 2. The summed E-state index contributed by atoms with van der Waals surface area (Å²) in [7, 11) is 0. The lowest BCUT2D eigenvalue weighted by atomic mass is 9.79. The molecule has 2 N–H and O–H groups in total. The Morgan fingerprint density at radius 1 is 1.30 bits per heavy atom. The summed E-state index contributed by atoms with van der Waals surface area (Å²) in [6.45, 7) is 3.59. The molecule has 0 spiro atoms. The van der Waals surface area contributed by atoms with Crippen LogP contribution in [0.4, 0.5) is 0 Å². The fraction of sp³-hybridized carbons (Fsp3) is 0.556. The molecule has 0 saturated heterocycles. The molecule has 0 radical (unpaired) electrons. The molecule has 2 aromatic rings. The van der Waals surface area contributed by atoms with Crippen LogP contribution < -0.4 is 5.32 Å². The Bertz CT molecular complexity index is 576. The second kappa shape index (κ2) is 7.23. The summed E-state index contributed by atoms with van der Waals surface area (Å²) in [5, 5.41) is 18.6. The van der Waals surface area contributed by atoms with Crippen molar-refractivity contribution >= 4 is 0 Å². The smallest absolute Gasteiger partial charge is 0.137 e. The summed E-state index contributed by atoms with van der Waals surface area (Å²) < 4.78 is 1.83. The number of aromatic nitrogens is 3. The van der Waals surface area contributed by atoms with E-state index in [1.165, 1.54) is 5.56 Å². The van der Waals surface area contributed by atoms with E-state index in [9.17, 15) is 5.11 Å². The quantitative estimate of drug-likeness (QED) is 0.860. The van der Waals surface area contributed by atoms with E-state index in [1.54, 1.807) is 12.7 Å². The lowest BCUT2D eigenvalue weighted by Crippen LogP contribution is -2.45. The van der Waals surface area contributed by atoms with Crippen LogP contribution in [-0.2, 0) is 6.54 Å². The average molecular weight is 314 g/mol. The summed E-state index contributed by atoms with van der Waals surface area (Å²) in [5.41, 5.74) is 0.623. The number of rotatable bonds is 6. The van der Waals surface area contributed by atoms with Gasteiger partial charge in [-0.2, -0.15) is 5.10 Å². The Hall–Kier alpha value is -1.72. The van der Waals surface area contributed by atoms with Crippen molar-refractivity contribution in [2.45, 2.75) is 50.8 Å². The van der Waals surface area contributed by atoms with Crippen LogP contribution in [0, 0.1) is 5.92 Å². The van der Waals surface area contributed by atoms with Gasteiger partial charge in [-0.25, -0.2) is 4.98 Å². The minimum absolute atomic E-state index is 0.112. The molecular weight excluding hydrogens is 288 g/mol. The Balaban J connectivity index is 1.66. The van der Waals surface area contributed by atoms with Crippen LogP contribution in [0.2, 0.25) is 0 Å². The second-order valence-corrected chi connectivity index (χ2v) is 6.87. The maximum Gasteiger partial charge on any atom is 0.137 e. The fourth-order valence-electron chi connectivity index (χ4n) is 3.28. The first-order valence-corrected chi connectivity index (χ1v) is 8.48. The zero-order valence-electron chi connectivity index (χ0n) is 13.7. The number of benzene rings is 1. The van der Waals surface area contributed by atoms with Crippen molar-refractivity contribution in [3.63, 3.8) is 0 Å². The third-order valence-corrected chi connectivity index (χ3v) is 4.92. The SMILES string of the molecule is CC1CCC(O)(CNC(Cn2cncn2)c2ccccc2)CC1. The van der Waals surface area contributed by atoms with Crippen molar-refractivity contribution in [2.75, 3.05) is 6.54 Å². The number of hydrogen-bond acceptors (Lipinski definition) is 4. The molecule has 1 unspecified atom stereocenters. The third-order valence-electron chi connectivity index (χ3n) is 4.92. The van der Waals surface area contributed by atoms with Crippen LogP contribution in [0.1, 0.15) is 44.2 Å². The monoisotopic (exact) mass is 314 g/mol. The maximum absolute atomic E-state index is 10.8. The summed E-state index contributed by atoms with van der Waals surface area (Å²) in [6, 6.07) is 10.4. The molecule has 124 valence electrons. The highest BCUT2D eigenvalue weighted by atomic mass is 16.3. The molecule has 0 amide bonds.